The van der Waals surface area contributed by atoms with Crippen molar-refractivity contribution in [3.05, 3.63) is 29.8 Å². The highest BCUT2D eigenvalue weighted by molar-refractivity contribution is 6.02. The highest BCUT2D eigenvalue weighted by Crippen LogP contribution is 2.19. The number of nitrogens with one attached hydrogen (secondary N) is 4. The third-order valence-corrected chi connectivity index (χ3v) is 6.13. The second-order valence-corrected chi connectivity index (χ2v) is 8.56. The van der Waals surface area contributed by atoms with Crippen LogP contribution in [-0.4, -0.2) is 71.7 Å². The van der Waals surface area contributed by atoms with Crippen molar-refractivity contribution in [3.63, 3.8) is 0 Å². The zero-order valence-corrected chi connectivity index (χ0v) is 19.1. The minimum Gasteiger partial charge on any atom is -0.383 e. The third kappa shape index (κ3) is 5.30. The number of rotatable bonds is 9. The molecule has 0 aromatic heterocycles. The number of piperazine rings is 1. The molecule has 11 nitrogen and oxygen atoms in total. The van der Waals surface area contributed by atoms with Crippen molar-refractivity contribution in [2.45, 2.75) is 57.4 Å². The van der Waals surface area contributed by atoms with E-state index in [2.05, 4.69) is 26.3 Å². The van der Waals surface area contributed by atoms with Gasteiger partial charge in [-0.25, -0.2) is 4.99 Å². The largest absolute Gasteiger partial charge is 0.383 e. The van der Waals surface area contributed by atoms with E-state index in [1.807, 2.05) is 6.92 Å². The maximum Gasteiger partial charge on any atom is 0.253 e. The van der Waals surface area contributed by atoms with Crippen molar-refractivity contribution in [3.8, 4) is 0 Å². The van der Waals surface area contributed by atoms with Gasteiger partial charge in [0.15, 0.2) is 11.7 Å². The van der Waals surface area contributed by atoms with E-state index in [-0.39, 0.29) is 29.6 Å². The molecule has 1 fully saturated rings. The minimum atomic E-state index is -0.896. The van der Waals surface area contributed by atoms with E-state index in [0.29, 0.717) is 31.5 Å². The number of nitrogens with two attached hydrogens (primary N) is 1. The number of benzene rings is 1. The number of ketones is 1. The van der Waals surface area contributed by atoms with Gasteiger partial charge in [0, 0.05) is 24.3 Å². The molecule has 0 spiro atoms. The first-order chi connectivity index (χ1) is 15.7. The van der Waals surface area contributed by atoms with Crippen molar-refractivity contribution in [1.82, 2.24) is 20.9 Å². The Kier molecular flexibility index (Phi) is 7.32. The summed E-state index contributed by atoms with van der Waals surface area (Å²) in [5.41, 5.74) is 5.89. The molecule has 0 saturated carbocycles. The standard InChI is InChI=1S/C22H31N7O4/c1-4-9-22(3,13(2)31)28-19(32)14-5-7-15(8-6-14)24-10-16-11-25-18-17(29(16)12-30)20(33)27-21(23)26-18/h5-8,12,16-18,24-25H,4,9-11H2,1-3H3,(H,28,32)(H3,23,26,27,33)/t16?,17?,18?,22-/m0/s1. The van der Waals surface area contributed by atoms with E-state index >= 15 is 0 Å². The van der Waals surface area contributed by atoms with Crippen LogP contribution in [0.15, 0.2) is 29.3 Å². The molecule has 11 heteroatoms. The van der Waals surface area contributed by atoms with Crippen LogP contribution in [0, 0.1) is 0 Å². The van der Waals surface area contributed by atoms with Gasteiger partial charge in [0.05, 0.1) is 11.6 Å². The van der Waals surface area contributed by atoms with E-state index in [1.54, 1.807) is 31.2 Å². The summed E-state index contributed by atoms with van der Waals surface area (Å²) in [4.78, 5) is 54.3. The van der Waals surface area contributed by atoms with Crippen molar-refractivity contribution in [2.75, 3.05) is 18.4 Å². The Morgan fingerprint density at radius 3 is 2.64 bits per heavy atom. The number of fused-ring (bicyclic) bond motifs is 1. The lowest BCUT2D eigenvalue weighted by Crippen LogP contribution is -2.70. The summed E-state index contributed by atoms with van der Waals surface area (Å²) in [5.74, 6) is -0.754. The Hall–Kier alpha value is -3.47. The second kappa shape index (κ2) is 9.99. The summed E-state index contributed by atoms with van der Waals surface area (Å²) >= 11 is 0. The molecule has 4 atom stereocenters. The first-order valence-corrected chi connectivity index (χ1v) is 11.0. The van der Waals surface area contributed by atoms with Gasteiger partial charge < -0.3 is 21.3 Å². The van der Waals surface area contributed by atoms with Gasteiger partial charge in [-0.3, -0.25) is 29.8 Å². The van der Waals surface area contributed by atoms with Crippen LogP contribution in [0.4, 0.5) is 5.69 Å². The van der Waals surface area contributed by atoms with Crippen molar-refractivity contribution in [1.29, 1.82) is 0 Å². The highest BCUT2D eigenvalue weighted by Gasteiger charge is 2.43. The summed E-state index contributed by atoms with van der Waals surface area (Å²) in [6.07, 6.45) is 1.41. The number of hydrogen-bond donors (Lipinski definition) is 5. The Balaban J connectivity index is 1.61. The molecule has 178 valence electrons. The number of carbonyl (C=O) groups excluding carboxylic acids is 4. The molecule has 3 unspecified atom stereocenters. The van der Waals surface area contributed by atoms with Crippen LogP contribution in [0.5, 0.6) is 0 Å². The van der Waals surface area contributed by atoms with Crippen LogP contribution in [0.2, 0.25) is 0 Å². The van der Waals surface area contributed by atoms with Gasteiger partial charge in [-0.05, 0) is 44.5 Å². The quantitative estimate of drug-likeness (QED) is 0.314. The van der Waals surface area contributed by atoms with E-state index in [1.165, 1.54) is 11.8 Å². The molecule has 1 saturated heterocycles. The van der Waals surface area contributed by atoms with Crippen LogP contribution < -0.4 is 27.0 Å². The molecule has 6 N–H and O–H groups in total. The summed E-state index contributed by atoms with van der Waals surface area (Å²) in [7, 11) is 0. The van der Waals surface area contributed by atoms with Crippen LogP contribution in [-0.2, 0) is 14.4 Å². The Labute approximate surface area is 192 Å². The number of hydrogen-bond acceptors (Lipinski definition) is 8. The molecular weight excluding hydrogens is 426 g/mol. The predicted octanol–water partition coefficient (Wildman–Crippen LogP) is -0.454. The Bertz CT molecular complexity index is 949. The summed E-state index contributed by atoms with van der Waals surface area (Å²) in [6, 6.07) is 5.77. The monoisotopic (exact) mass is 457 g/mol. The zero-order valence-electron chi connectivity index (χ0n) is 19.1. The van der Waals surface area contributed by atoms with Crippen LogP contribution in [0.25, 0.3) is 0 Å². The van der Waals surface area contributed by atoms with E-state index < -0.39 is 17.7 Å². The molecule has 3 rings (SSSR count). The molecule has 0 radical (unpaired) electrons. The normalized spacial score (nSPS) is 24.0. The lowest BCUT2D eigenvalue weighted by Gasteiger charge is -2.44. The smallest absolute Gasteiger partial charge is 0.253 e. The molecule has 2 heterocycles. The van der Waals surface area contributed by atoms with Gasteiger partial charge in [0.1, 0.15) is 12.2 Å². The number of anilines is 1. The average molecular weight is 458 g/mol. The number of amides is 3. The topological polar surface area (TPSA) is 158 Å². The van der Waals surface area contributed by atoms with Crippen molar-refractivity contribution < 1.29 is 19.2 Å². The number of aliphatic imine (C=N–C) groups is 1. The molecule has 2 aliphatic heterocycles. The van der Waals surface area contributed by atoms with Gasteiger partial charge in [-0.15, -0.1) is 0 Å². The maximum atomic E-state index is 12.6. The van der Waals surface area contributed by atoms with Gasteiger partial charge in [-0.2, -0.15) is 0 Å². The number of nitrogens with zero attached hydrogens (tertiary/aromatic N) is 2. The molecule has 0 aliphatic carbocycles. The van der Waals surface area contributed by atoms with Crippen molar-refractivity contribution >= 4 is 35.7 Å². The lowest BCUT2D eigenvalue weighted by atomic mass is 9.91. The molecule has 3 amide bonds. The molecule has 1 aromatic rings. The molecule has 2 aliphatic rings. The first-order valence-electron chi connectivity index (χ1n) is 11.0. The lowest BCUT2D eigenvalue weighted by molar-refractivity contribution is -0.137. The summed E-state index contributed by atoms with van der Waals surface area (Å²) < 4.78 is 0. The SMILES string of the molecule is CCC[C@](C)(NC(=O)c1ccc(NCC2CNC3N=C(N)NC(=O)C3N2C=O)cc1)C(C)=O. The van der Waals surface area contributed by atoms with Gasteiger partial charge in [-0.1, -0.05) is 13.3 Å². The summed E-state index contributed by atoms with van der Waals surface area (Å²) in [6.45, 7) is 5.99. The third-order valence-electron chi connectivity index (χ3n) is 6.13. The zero-order chi connectivity index (χ0) is 24.2. The van der Waals surface area contributed by atoms with E-state index in [9.17, 15) is 19.2 Å². The predicted molar refractivity (Wildman–Crippen MR) is 123 cm³/mol. The summed E-state index contributed by atoms with van der Waals surface area (Å²) in [5, 5.41) is 11.7. The Morgan fingerprint density at radius 2 is 2.03 bits per heavy atom. The molecule has 33 heavy (non-hydrogen) atoms. The first kappa shape index (κ1) is 24.2. The molecular formula is C22H31N7O4. The van der Waals surface area contributed by atoms with Crippen LogP contribution in [0.3, 0.4) is 0 Å². The fraction of sp³-hybridized carbons (Fsp3) is 0.500. The van der Waals surface area contributed by atoms with Crippen LogP contribution >= 0.6 is 0 Å². The maximum absolute atomic E-state index is 12.6. The highest BCUT2D eigenvalue weighted by atomic mass is 16.2. The number of guanidine groups is 1. The number of carbonyl (C=O) groups is 4. The molecule has 0 bridgehead atoms. The van der Waals surface area contributed by atoms with Crippen LogP contribution in [0.1, 0.15) is 44.0 Å². The average Bonchev–Trinajstić information content (AvgIpc) is 2.77. The van der Waals surface area contributed by atoms with Gasteiger partial charge in [0.2, 0.25) is 6.41 Å². The minimum absolute atomic E-state index is 0.0265. The fourth-order valence-electron chi connectivity index (χ4n) is 4.09. The van der Waals surface area contributed by atoms with Gasteiger partial charge in [0.25, 0.3) is 11.8 Å². The van der Waals surface area contributed by atoms with E-state index in [4.69, 9.17) is 5.73 Å². The van der Waals surface area contributed by atoms with E-state index in [0.717, 1.165) is 12.1 Å². The second-order valence-electron chi connectivity index (χ2n) is 8.56. The fourth-order valence-corrected chi connectivity index (χ4v) is 4.09. The molecule has 1 aromatic carbocycles. The Morgan fingerprint density at radius 1 is 1.33 bits per heavy atom. The van der Waals surface area contributed by atoms with Crippen molar-refractivity contribution in [2.24, 2.45) is 10.7 Å². The van der Waals surface area contributed by atoms with Gasteiger partial charge >= 0.3 is 0 Å². The number of Topliss-reactive ketones (excluding diaryl/α,β-unsaturated/α-hetero) is 1.